The molecule has 0 unspecified atom stereocenters. The van der Waals surface area contributed by atoms with E-state index in [9.17, 15) is 4.79 Å². The number of ether oxygens (including phenoxy) is 1. The maximum atomic E-state index is 12.3. The number of aryl methyl sites for hydroxylation is 1. The van der Waals surface area contributed by atoms with Crippen LogP contribution in [0.25, 0.3) is 11.3 Å². The zero-order valence-electron chi connectivity index (χ0n) is 16.3. The van der Waals surface area contributed by atoms with Gasteiger partial charge in [-0.15, -0.1) is 0 Å². The van der Waals surface area contributed by atoms with Crippen molar-refractivity contribution in [3.8, 4) is 11.3 Å². The third-order valence-electron chi connectivity index (χ3n) is 4.22. The second-order valence-corrected chi connectivity index (χ2v) is 7.60. The molecular weight excluding hydrogens is 336 g/mol. The Morgan fingerprint density at radius 3 is 2.33 bits per heavy atom. The monoisotopic (exact) mass is 362 g/mol. The van der Waals surface area contributed by atoms with Crippen LogP contribution in [-0.2, 0) is 11.3 Å². The molecule has 27 heavy (non-hydrogen) atoms. The van der Waals surface area contributed by atoms with Crippen molar-refractivity contribution in [1.29, 1.82) is 0 Å². The smallest absolute Gasteiger partial charge is 0.412 e. The van der Waals surface area contributed by atoms with Gasteiger partial charge in [0.15, 0.2) is 0 Å². The number of carbonyl (C=O) groups excluding carboxylic acids is 1. The molecule has 0 radical (unpaired) electrons. The molecule has 0 aliphatic carbocycles. The van der Waals surface area contributed by atoms with Crippen LogP contribution in [0.15, 0.2) is 66.7 Å². The van der Waals surface area contributed by atoms with Crippen LogP contribution in [0.2, 0.25) is 0 Å². The van der Waals surface area contributed by atoms with E-state index in [1.165, 1.54) is 11.3 Å². The maximum Gasteiger partial charge on any atom is 0.412 e. The lowest BCUT2D eigenvalue weighted by Gasteiger charge is -2.21. The van der Waals surface area contributed by atoms with Crippen molar-refractivity contribution in [3.63, 3.8) is 0 Å². The number of benzene rings is 2. The number of hydrogen-bond acceptors (Lipinski definition) is 2. The first-order valence-corrected chi connectivity index (χ1v) is 9.13. The number of hydrogen-bond donors (Lipinski definition) is 1. The van der Waals surface area contributed by atoms with E-state index in [1.54, 1.807) is 0 Å². The highest BCUT2D eigenvalue weighted by atomic mass is 16.6. The summed E-state index contributed by atoms with van der Waals surface area (Å²) in [6.45, 7) is 8.43. The van der Waals surface area contributed by atoms with Crippen molar-refractivity contribution in [2.24, 2.45) is 0 Å². The molecule has 1 heterocycles. The largest absolute Gasteiger partial charge is 0.444 e. The summed E-state index contributed by atoms with van der Waals surface area (Å²) in [7, 11) is 0. The van der Waals surface area contributed by atoms with Gasteiger partial charge in [0.2, 0.25) is 0 Å². The fourth-order valence-electron chi connectivity index (χ4n) is 3.01. The Balaban J connectivity index is 1.93. The highest BCUT2D eigenvalue weighted by Gasteiger charge is 2.18. The van der Waals surface area contributed by atoms with Crippen molar-refractivity contribution in [2.75, 3.05) is 5.32 Å². The average Bonchev–Trinajstić information content (AvgIpc) is 2.95. The SMILES string of the molecule is Cc1ccc(-c2ccccc2NC(=O)OC(C)(C)C)n1Cc1ccccc1. The number of anilines is 1. The molecule has 1 aromatic heterocycles. The van der Waals surface area contributed by atoms with Gasteiger partial charge in [-0.25, -0.2) is 4.79 Å². The van der Waals surface area contributed by atoms with Crippen LogP contribution >= 0.6 is 0 Å². The number of para-hydroxylation sites is 1. The van der Waals surface area contributed by atoms with E-state index in [0.717, 1.165) is 23.5 Å². The summed E-state index contributed by atoms with van der Waals surface area (Å²) < 4.78 is 7.66. The molecule has 140 valence electrons. The summed E-state index contributed by atoms with van der Waals surface area (Å²) in [5.74, 6) is 0. The highest BCUT2D eigenvalue weighted by molar-refractivity contribution is 5.91. The first kappa shape index (κ1) is 18.8. The van der Waals surface area contributed by atoms with Crippen LogP contribution < -0.4 is 5.32 Å². The van der Waals surface area contributed by atoms with Crippen LogP contribution in [0.5, 0.6) is 0 Å². The minimum atomic E-state index is -0.539. The molecule has 2 aromatic carbocycles. The van der Waals surface area contributed by atoms with Gasteiger partial charge in [0.1, 0.15) is 5.60 Å². The zero-order valence-corrected chi connectivity index (χ0v) is 16.3. The Hall–Kier alpha value is -3.01. The summed E-state index contributed by atoms with van der Waals surface area (Å²) in [6, 6.07) is 22.3. The van der Waals surface area contributed by atoms with Gasteiger partial charge in [0, 0.05) is 17.8 Å². The van der Waals surface area contributed by atoms with Crippen molar-refractivity contribution < 1.29 is 9.53 Å². The molecule has 0 aliphatic rings. The third kappa shape index (κ3) is 4.79. The van der Waals surface area contributed by atoms with Crippen molar-refractivity contribution in [1.82, 2.24) is 4.57 Å². The minimum Gasteiger partial charge on any atom is -0.444 e. The van der Waals surface area contributed by atoms with Gasteiger partial charge in [0.05, 0.1) is 11.4 Å². The summed E-state index contributed by atoms with van der Waals surface area (Å²) in [6.07, 6.45) is -0.451. The second-order valence-electron chi connectivity index (χ2n) is 7.60. The summed E-state index contributed by atoms with van der Waals surface area (Å²) >= 11 is 0. The van der Waals surface area contributed by atoms with E-state index in [2.05, 4.69) is 41.1 Å². The number of rotatable bonds is 4. The molecule has 0 fully saturated rings. The Morgan fingerprint density at radius 1 is 0.963 bits per heavy atom. The third-order valence-corrected chi connectivity index (χ3v) is 4.22. The molecule has 0 bridgehead atoms. The van der Waals surface area contributed by atoms with Crippen molar-refractivity contribution >= 4 is 11.8 Å². The van der Waals surface area contributed by atoms with Gasteiger partial charge < -0.3 is 9.30 Å². The van der Waals surface area contributed by atoms with Gasteiger partial charge in [0.25, 0.3) is 0 Å². The van der Waals surface area contributed by atoms with Crippen LogP contribution in [0.1, 0.15) is 32.0 Å². The second kappa shape index (κ2) is 7.70. The predicted molar refractivity (Wildman–Crippen MR) is 110 cm³/mol. The van der Waals surface area contributed by atoms with Crippen molar-refractivity contribution in [3.05, 3.63) is 78.0 Å². The van der Waals surface area contributed by atoms with Gasteiger partial charge in [-0.3, -0.25) is 5.32 Å². The summed E-state index contributed by atoms with van der Waals surface area (Å²) in [5.41, 5.74) is 4.62. The fraction of sp³-hybridized carbons (Fsp3) is 0.261. The molecule has 4 heteroatoms. The van der Waals surface area contributed by atoms with Crippen LogP contribution in [0.4, 0.5) is 10.5 Å². The predicted octanol–water partition coefficient (Wildman–Crippen LogP) is 5.86. The zero-order chi connectivity index (χ0) is 19.4. The first-order chi connectivity index (χ1) is 12.8. The molecule has 1 amide bonds. The number of nitrogens with zero attached hydrogens (tertiary/aromatic N) is 1. The van der Waals surface area contributed by atoms with Crippen LogP contribution in [0.3, 0.4) is 0 Å². The first-order valence-electron chi connectivity index (χ1n) is 9.13. The van der Waals surface area contributed by atoms with E-state index in [1.807, 2.05) is 63.2 Å². The van der Waals surface area contributed by atoms with Crippen LogP contribution in [-0.4, -0.2) is 16.3 Å². The lowest BCUT2D eigenvalue weighted by Crippen LogP contribution is -2.27. The average molecular weight is 362 g/mol. The normalized spacial score (nSPS) is 11.3. The molecule has 3 aromatic rings. The number of carbonyl (C=O) groups is 1. The van der Waals surface area contributed by atoms with E-state index in [0.29, 0.717) is 0 Å². The minimum absolute atomic E-state index is 0.451. The molecule has 1 N–H and O–H groups in total. The highest BCUT2D eigenvalue weighted by Crippen LogP contribution is 2.30. The van der Waals surface area contributed by atoms with Gasteiger partial charge in [-0.2, -0.15) is 0 Å². The van der Waals surface area contributed by atoms with E-state index in [-0.39, 0.29) is 0 Å². The lowest BCUT2D eigenvalue weighted by molar-refractivity contribution is 0.0636. The number of nitrogens with one attached hydrogen (secondary N) is 1. The summed E-state index contributed by atoms with van der Waals surface area (Å²) in [4.78, 5) is 12.3. The van der Waals surface area contributed by atoms with Crippen molar-refractivity contribution in [2.45, 2.75) is 39.8 Å². The summed E-state index contributed by atoms with van der Waals surface area (Å²) in [5, 5.41) is 2.89. The number of amides is 1. The molecule has 4 nitrogen and oxygen atoms in total. The standard InChI is InChI=1S/C23H26N2O2/c1-17-14-15-21(25(17)16-18-10-6-5-7-11-18)19-12-8-9-13-20(19)24-22(26)27-23(2,3)4/h5-15H,16H2,1-4H3,(H,24,26). The van der Waals surface area contributed by atoms with Gasteiger partial charge >= 0.3 is 6.09 Å². The molecule has 0 saturated heterocycles. The molecule has 3 rings (SSSR count). The Bertz CT molecular complexity index is 921. The molecule has 0 saturated carbocycles. The number of aromatic nitrogens is 1. The lowest BCUT2D eigenvalue weighted by atomic mass is 10.1. The van der Waals surface area contributed by atoms with Gasteiger partial charge in [-0.1, -0.05) is 48.5 Å². The Morgan fingerprint density at radius 2 is 1.63 bits per heavy atom. The topological polar surface area (TPSA) is 43.3 Å². The van der Waals surface area contributed by atoms with E-state index >= 15 is 0 Å². The maximum absolute atomic E-state index is 12.3. The van der Waals surface area contributed by atoms with E-state index in [4.69, 9.17) is 4.74 Å². The Kier molecular flexibility index (Phi) is 5.36. The molecule has 0 aliphatic heterocycles. The Labute approximate surface area is 160 Å². The van der Waals surface area contributed by atoms with Gasteiger partial charge in [-0.05, 0) is 51.5 Å². The van der Waals surface area contributed by atoms with Crippen LogP contribution in [0, 0.1) is 6.92 Å². The molecular formula is C23H26N2O2. The van der Waals surface area contributed by atoms with E-state index < -0.39 is 11.7 Å². The fourth-order valence-corrected chi connectivity index (χ4v) is 3.01. The quantitative estimate of drug-likeness (QED) is 0.632. The molecule has 0 spiro atoms. The molecule has 0 atom stereocenters.